The average molecular weight is 390 g/mol. The van der Waals surface area contributed by atoms with Gasteiger partial charge in [-0.15, -0.1) is 0 Å². The van der Waals surface area contributed by atoms with Gasteiger partial charge in [0.1, 0.15) is 0 Å². The molecule has 1 saturated heterocycles. The Morgan fingerprint density at radius 3 is 2.90 bits per heavy atom. The number of piperidine rings is 1. The molecule has 1 amide bonds. The Kier molecular flexibility index (Phi) is 6.32. The first-order valence-corrected chi connectivity index (χ1v) is 10.2. The SMILES string of the molecule is O=C(C[C@@H]1CCNC[C@@H]1Cc1cc(-c2ccccc2)on1)NCc1cccnc1. The van der Waals surface area contributed by atoms with Gasteiger partial charge in [-0.05, 0) is 49.4 Å². The normalized spacial score (nSPS) is 19.0. The van der Waals surface area contributed by atoms with Gasteiger partial charge in [-0.3, -0.25) is 9.78 Å². The zero-order chi connectivity index (χ0) is 19.9. The summed E-state index contributed by atoms with van der Waals surface area (Å²) in [5.41, 5.74) is 2.98. The first-order chi connectivity index (χ1) is 14.3. The van der Waals surface area contributed by atoms with Crippen LogP contribution in [-0.2, 0) is 17.8 Å². The molecule has 0 saturated carbocycles. The van der Waals surface area contributed by atoms with Crippen molar-refractivity contribution in [2.24, 2.45) is 11.8 Å². The quantitative estimate of drug-likeness (QED) is 0.648. The van der Waals surface area contributed by atoms with Crippen molar-refractivity contribution >= 4 is 5.91 Å². The average Bonchev–Trinajstić information content (AvgIpc) is 3.24. The van der Waals surface area contributed by atoms with Gasteiger partial charge < -0.3 is 15.2 Å². The van der Waals surface area contributed by atoms with E-state index in [1.54, 1.807) is 12.4 Å². The summed E-state index contributed by atoms with van der Waals surface area (Å²) in [6.07, 6.45) is 5.86. The Morgan fingerprint density at radius 1 is 1.17 bits per heavy atom. The molecule has 2 aromatic heterocycles. The van der Waals surface area contributed by atoms with E-state index in [9.17, 15) is 4.79 Å². The standard InChI is InChI=1S/C23H26N4O2/c28-23(26-15-17-5-4-9-24-14-17)12-19-8-10-25-16-20(19)11-21-13-22(29-27-21)18-6-2-1-3-7-18/h1-7,9,13-14,19-20,25H,8,10-12,15-16H2,(H,26,28)/t19-,20-/m0/s1. The molecule has 2 N–H and O–H groups in total. The van der Waals surface area contributed by atoms with Gasteiger partial charge >= 0.3 is 0 Å². The van der Waals surface area contributed by atoms with Gasteiger partial charge in [0, 0.05) is 37.0 Å². The maximum Gasteiger partial charge on any atom is 0.220 e. The molecular formula is C23H26N4O2. The number of aromatic nitrogens is 2. The van der Waals surface area contributed by atoms with Crippen LogP contribution in [0, 0.1) is 11.8 Å². The van der Waals surface area contributed by atoms with Crippen LogP contribution in [0.2, 0.25) is 0 Å². The highest BCUT2D eigenvalue weighted by molar-refractivity contribution is 5.76. The minimum Gasteiger partial charge on any atom is -0.356 e. The number of carbonyl (C=O) groups is 1. The Labute approximate surface area is 170 Å². The van der Waals surface area contributed by atoms with E-state index in [4.69, 9.17) is 4.52 Å². The van der Waals surface area contributed by atoms with Crippen LogP contribution in [0.5, 0.6) is 0 Å². The molecule has 4 rings (SSSR count). The molecule has 0 bridgehead atoms. The zero-order valence-electron chi connectivity index (χ0n) is 16.4. The summed E-state index contributed by atoms with van der Waals surface area (Å²) in [6, 6.07) is 15.9. The van der Waals surface area contributed by atoms with Crippen LogP contribution in [0.1, 0.15) is 24.1 Å². The molecular weight excluding hydrogens is 364 g/mol. The van der Waals surface area contributed by atoms with Crippen LogP contribution in [0.15, 0.2) is 65.4 Å². The van der Waals surface area contributed by atoms with E-state index in [2.05, 4.69) is 20.8 Å². The molecule has 6 nitrogen and oxygen atoms in total. The fourth-order valence-electron chi connectivity index (χ4n) is 3.91. The maximum atomic E-state index is 12.5. The molecule has 150 valence electrons. The molecule has 3 aromatic rings. The first-order valence-electron chi connectivity index (χ1n) is 10.2. The van der Waals surface area contributed by atoms with Crippen LogP contribution in [0.25, 0.3) is 11.3 Å². The topological polar surface area (TPSA) is 80.0 Å². The van der Waals surface area contributed by atoms with Crippen LogP contribution in [0.3, 0.4) is 0 Å². The van der Waals surface area contributed by atoms with E-state index in [0.717, 1.165) is 48.5 Å². The Morgan fingerprint density at radius 2 is 2.07 bits per heavy atom. The van der Waals surface area contributed by atoms with Crippen LogP contribution >= 0.6 is 0 Å². The van der Waals surface area contributed by atoms with Crippen LogP contribution in [0.4, 0.5) is 0 Å². The van der Waals surface area contributed by atoms with E-state index in [0.29, 0.717) is 24.8 Å². The molecule has 6 heteroatoms. The van der Waals surface area contributed by atoms with Gasteiger partial charge in [0.15, 0.2) is 5.76 Å². The highest BCUT2D eigenvalue weighted by atomic mass is 16.5. The van der Waals surface area contributed by atoms with Crippen LogP contribution < -0.4 is 10.6 Å². The van der Waals surface area contributed by atoms with Crippen molar-refractivity contribution in [3.63, 3.8) is 0 Å². The van der Waals surface area contributed by atoms with Gasteiger partial charge in [-0.1, -0.05) is 41.6 Å². The highest BCUT2D eigenvalue weighted by Gasteiger charge is 2.28. The Hall–Kier alpha value is -2.99. The summed E-state index contributed by atoms with van der Waals surface area (Å²) >= 11 is 0. The molecule has 1 aromatic carbocycles. The summed E-state index contributed by atoms with van der Waals surface area (Å²) < 4.78 is 5.54. The lowest BCUT2D eigenvalue weighted by Gasteiger charge is -2.31. The molecule has 1 aliphatic rings. The smallest absolute Gasteiger partial charge is 0.220 e. The summed E-state index contributed by atoms with van der Waals surface area (Å²) in [6.45, 7) is 2.37. The molecule has 0 unspecified atom stereocenters. The Bertz CT molecular complexity index is 911. The molecule has 0 radical (unpaired) electrons. The highest BCUT2D eigenvalue weighted by Crippen LogP contribution is 2.28. The number of pyridine rings is 1. The Balaban J connectivity index is 1.34. The maximum absolute atomic E-state index is 12.5. The van der Waals surface area contributed by atoms with E-state index < -0.39 is 0 Å². The lowest BCUT2D eigenvalue weighted by atomic mass is 9.81. The van der Waals surface area contributed by atoms with Gasteiger partial charge in [-0.2, -0.15) is 0 Å². The second kappa shape index (κ2) is 9.47. The second-order valence-electron chi connectivity index (χ2n) is 7.61. The summed E-state index contributed by atoms with van der Waals surface area (Å²) in [5, 5.41) is 10.7. The number of nitrogens with zero attached hydrogens (tertiary/aromatic N) is 2. The molecule has 1 fully saturated rings. The first kappa shape index (κ1) is 19.3. The van der Waals surface area contributed by atoms with Crippen molar-refractivity contribution in [2.45, 2.75) is 25.8 Å². The number of amides is 1. The summed E-state index contributed by atoms with van der Waals surface area (Å²) in [4.78, 5) is 16.6. The molecule has 1 aliphatic heterocycles. The predicted molar refractivity (Wildman–Crippen MR) is 111 cm³/mol. The van der Waals surface area contributed by atoms with E-state index >= 15 is 0 Å². The predicted octanol–water partition coefficient (Wildman–Crippen LogP) is 3.21. The van der Waals surface area contributed by atoms with Gasteiger partial charge in [0.05, 0.1) is 5.69 Å². The van der Waals surface area contributed by atoms with Crippen molar-refractivity contribution in [3.05, 3.63) is 72.2 Å². The van der Waals surface area contributed by atoms with Crippen molar-refractivity contribution < 1.29 is 9.32 Å². The molecule has 3 heterocycles. The van der Waals surface area contributed by atoms with E-state index in [-0.39, 0.29) is 5.91 Å². The number of nitrogens with one attached hydrogen (secondary N) is 2. The number of rotatable bonds is 7. The number of hydrogen-bond donors (Lipinski definition) is 2. The second-order valence-corrected chi connectivity index (χ2v) is 7.61. The number of carbonyl (C=O) groups excluding carboxylic acids is 1. The minimum atomic E-state index is 0.0934. The third-order valence-corrected chi connectivity index (χ3v) is 5.51. The summed E-state index contributed by atoms with van der Waals surface area (Å²) in [5.74, 6) is 1.58. The van der Waals surface area contributed by atoms with Crippen molar-refractivity contribution in [1.82, 2.24) is 20.8 Å². The number of benzene rings is 1. The number of hydrogen-bond acceptors (Lipinski definition) is 5. The molecule has 0 aliphatic carbocycles. The molecule has 0 spiro atoms. The zero-order valence-corrected chi connectivity index (χ0v) is 16.4. The molecule has 29 heavy (non-hydrogen) atoms. The lowest BCUT2D eigenvalue weighted by molar-refractivity contribution is -0.122. The monoisotopic (exact) mass is 390 g/mol. The van der Waals surface area contributed by atoms with Gasteiger partial charge in [0.25, 0.3) is 0 Å². The van der Waals surface area contributed by atoms with Crippen molar-refractivity contribution in [3.8, 4) is 11.3 Å². The van der Waals surface area contributed by atoms with Crippen LogP contribution in [-0.4, -0.2) is 29.1 Å². The fourth-order valence-corrected chi connectivity index (χ4v) is 3.91. The van der Waals surface area contributed by atoms with E-state index in [1.165, 1.54) is 0 Å². The van der Waals surface area contributed by atoms with E-state index in [1.807, 2.05) is 48.5 Å². The molecule has 2 atom stereocenters. The van der Waals surface area contributed by atoms with Gasteiger partial charge in [0.2, 0.25) is 5.91 Å². The summed E-state index contributed by atoms with van der Waals surface area (Å²) in [7, 11) is 0. The largest absolute Gasteiger partial charge is 0.356 e. The fraction of sp³-hybridized carbons (Fsp3) is 0.348. The van der Waals surface area contributed by atoms with Gasteiger partial charge in [-0.25, -0.2) is 0 Å². The third kappa shape index (κ3) is 5.29. The van der Waals surface area contributed by atoms with Crippen molar-refractivity contribution in [2.75, 3.05) is 13.1 Å². The third-order valence-electron chi connectivity index (χ3n) is 5.51. The minimum absolute atomic E-state index is 0.0934. The lowest BCUT2D eigenvalue weighted by Crippen LogP contribution is -2.40. The van der Waals surface area contributed by atoms with Crippen molar-refractivity contribution in [1.29, 1.82) is 0 Å².